The Morgan fingerprint density at radius 1 is 1.10 bits per heavy atom. The van der Waals surface area contributed by atoms with E-state index < -0.39 is 0 Å². The minimum Gasteiger partial charge on any atom is -0.307 e. The summed E-state index contributed by atoms with van der Waals surface area (Å²) in [7, 11) is 5.81. The number of benzene rings is 2. The standard InChI is InChI=1S/C24H26N4OS/c1-16(30-17(2)25-3)20-10-11-21-14-26-23(13-22(21)12-20)27-24(29)19-8-6-18(7-9-19)15-28(4)5/h6-14H,1,15H2,2-5H3,(H,26,27,29). The molecule has 5 nitrogen and oxygen atoms in total. The maximum atomic E-state index is 12.6. The van der Waals surface area contributed by atoms with E-state index >= 15 is 0 Å². The molecule has 1 aromatic heterocycles. The van der Waals surface area contributed by atoms with E-state index in [1.165, 1.54) is 0 Å². The number of hydrogen-bond donors (Lipinski definition) is 1. The Balaban J connectivity index is 1.77. The minimum absolute atomic E-state index is 0.177. The van der Waals surface area contributed by atoms with Gasteiger partial charge in [0.15, 0.2) is 0 Å². The van der Waals surface area contributed by atoms with Gasteiger partial charge in [0.05, 0.1) is 5.04 Å². The third kappa shape index (κ3) is 5.55. The Labute approximate surface area is 181 Å². The van der Waals surface area contributed by atoms with E-state index in [-0.39, 0.29) is 5.91 Å². The van der Waals surface area contributed by atoms with Crippen molar-refractivity contribution in [2.24, 2.45) is 4.99 Å². The van der Waals surface area contributed by atoms with Crippen LogP contribution in [-0.2, 0) is 6.54 Å². The van der Waals surface area contributed by atoms with Crippen LogP contribution in [0.4, 0.5) is 5.82 Å². The third-order valence-corrected chi connectivity index (χ3v) is 5.55. The molecule has 1 heterocycles. The summed E-state index contributed by atoms with van der Waals surface area (Å²) in [5.74, 6) is 0.343. The maximum absolute atomic E-state index is 12.6. The molecular weight excluding hydrogens is 392 g/mol. The second kappa shape index (κ2) is 9.69. The fourth-order valence-electron chi connectivity index (χ4n) is 2.98. The van der Waals surface area contributed by atoms with E-state index in [1.54, 1.807) is 25.0 Å². The molecular formula is C24H26N4OS. The molecule has 2 aromatic carbocycles. The highest BCUT2D eigenvalue weighted by molar-refractivity contribution is 8.21. The Kier molecular flexibility index (Phi) is 7.03. The van der Waals surface area contributed by atoms with Crippen LogP contribution in [0.25, 0.3) is 15.7 Å². The quantitative estimate of drug-likeness (QED) is 0.436. The van der Waals surface area contributed by atoms with Gasteiger partial charge >= 0.3 is 0 Å². The zero-order chi connectivity index (χ0) is 21.7. The van der Waals surface area contributed by atoms with Crippen molar-refractivity contribution in [3.8, 4) is 0 Å². The molecule has 0 saturated carbocycles. The van der Waals surface area contributed by atoms with Gasteiger partial charge in [-0.2, -0.15) is 0 Å². The Morgan fingerprint density at radius 2 is 1.80 bits per heavy atom. The Bertz CT molecular complexity index is 1100. The number of aliphatic imine (C=N–C) groups is 1. The number of carbonyl (C=O) groups is 1. The lowest BCUT2D eigenvalue weighted by Gasteiger charge is -2.11. The lowest BCUT2D eigenvalue weighted by Crippen LogP contribution is -2.14. The van der Waals surface area contributed by atoms with Gasteiger partial charge < -0.3 is 10.2 Å². The van der Waals surface area contributed by atoms with E-state index in [9.17, 15) is 4.79 Å². The predicted octanol–water partition coefficient (Wildman–Crippen LogP) is 5.30. The van der Waals surface area contributed by atoms with Crippen LogP contribution < -0.4 is 5.32 Å². The van der Waals surface area contributed by atoms with E-state index in [4.69, 9.17) is 0 Å². The van der Waals surface area contributed by atoms with E-state index in [2.05, 4.69) is 32.8 Å². The van der Waals surface area contributed by atoms with E-state index in [1.807, 2.05) is 63.5 Å². The SMILES string of the molecule is C=C(SC(C)=NC)c1ccc2cnc(NC(=O)c3ccc(CN(C)C)cc3)cc2c1. The molecule has 3 rings (SSSR count). The third-order valence-electron chi connectivity index (χ3n) is 4.59. The van der Waals surface area contributed by atoms with Gasteiger partial charge in [-0.15, -0.1) is 0 Å². The summed E-state index contributed by atoms with van der Waals surface area (Å²) in [6.07, 6.45) is 1.77. The molecule has 0 spiro atoms. The zero-order valence-corrected chi connectivity index (χ0v) is 18.6. The fourth-order valence-corrected chi connectivity index (χ4v) is 3.67. The second-order valence-electron chi connectivity index (χ2n) is 7.29. The lowest BCUT2D eigenvalue weighted by molar-refractivity contribution is 0.102. The monoisotopic (exact) mass is 418 g/mol. The number of hydrogen-bond acceptors (Lipinski definition) is 5. The highest BCUT2D eigenvalue weighted by atomic mass is 32.2. The first kappa shape index (κ1) is 21.7. The van der Waals surface area contributed by atoms with E-state index in [0.29, 0.717) is 11.4 Å². The summed E-state index contributed by atoms with van der Waals surface area (Å²) in [5.41, 5.74) is 2.79. The van der Waals surface area contributed by atoms with Crippen LogP contribution in [0.2, 0.25) is 0 Å². The number of fused-ring (bicyclic) bond motifs is 1. The molecule has 1 amide bonds. The Hall–Kier alpha value is -2.96. The van der Waals surface area contributed by atoms with Crippen molar-refractivity contribution in [1.29, 1.82) is 0 Å². The largest absolute Gasteiger partial charge is 0.307 e. The minimum atomic E-state index is -0.177. The van der Waals surface area contributed by atoms with Crippen molar-refractivity contribution < 1.29 is 4.79 Å². The normalized spacial score (nSPS) is 11.7. The number of rotatable bonds is 6. The zero-order valence-electron chi connectivity index (χ0n) is 17.8. The topological polar surface area (TPSA) is 57.6 Å². The summed E-state index contributed by atoms with van der Waals surface area (Å²) >= 11 is 1.55. The first-order valence-electron chi connectivity index (χ1n) is 9.61. The molecule has 0 bridgehead atoms. The first-order chi connectivity index (χ1) is 14.4. The number of anilines is 1. The van der Waals surface area contributed by atoms with Crippen LogP contribution in [0, 0.1) is 0 Å². The molecule has 0 aliphatic heterocycles. The van der Waals surface area contributed by atoms with Gasteiger partial charge in [0.1, 0.15) is 5.82 Å². The van der Waals surface area contributed by atoms with Gasteiger partial charge in [-0.05, 0) is 61.8 Å². The van der Waals surface area contributed by atoms with Crippen molar-refractivity contribution in [1.82, 2.24) is 9.88 Å². The van der Waals surface area contributed by atoms with Gasteiger partial charge in [-0.1, -0.05) is 42.6 Å². The second-order valence-corrected chi connectivity index (χ2v) is 8.58. The molecule has 1 N–H and O–H groups in total. The van der Waals surface area contributed by atoms with Crippen LogP contribution in [0.15, 0.2) is 66.3 Å². The van der Waals surface area contributed by atoms with Crippen LogP contribution in [-0.4, -0.2) is 42.0 Å². The van der Waals surface area contributed by atoms with Crippen molar-refractivity contribution >= 4 is 44.2 Å². The average molecular weight is 419 g/mol. The van der Waals surface area contributed by atoms with Crippen molar-refractivity contribution in [2.45, 2.75) is 13.5 Å². The number of pyridine rings is 1. The summed E-state index contributed by atoms with van der Waals surface area (Å²) in [4.78, 5) is 24.2. The van der Waals surface area contributed by atoms with Gasteiger partial charge in [0.25, 0.3) is 5.91 Å². The first-order valence-corrected chi connectivity index (χ1v) is 10.4. The van der Waals surface area contributed by atoms with Gasteiger partial charge in [0.2, 0.25) is 0 Å². The summed E-state index contributed by atoms with van der Waals surface area (Å²) in [6, 6.07) is 15.6. The molecule has 6 heteroatoms. The van der Waals surface area contributed by atoms with Crippen LogP contribution in [0.5, 0.6) is 0 Å². The van der Waals surface area contributed by atoms with Gasteiger partial charge in [-0.25, -0.2) is 4.98 Å². The smallest absolute Gasteiger partial charge is 0.256 e. The predicted molar refractivity (Wildman–Crippen MR) is 129 cm³/mol. The highest BCUT2D eigenvalue weighted by Gasteiger charge is 2.09. The molecule has 3 aromatic rings. The Morgan fingerprint density at radius 3 is 2.47 bits per heavy atom. The van der Waals surface area contributed by atoms with Crippen molar-refractivity contribution in [3.05, 3.63) is 78.0 Å². The number of carbonyl (C=O) groups excluding carboxylic acids is 1. The van der Waals surface area contributed by atoms with Gasteiger partial charge in [0, 0.05) is 35.6 Å². The van der Waals surface area contributed by atoms with Crippen LogP contribution >= 0.6 is 11.8 Å². The molecule has 154 valence electrons. The molecule has 0 unspecified atom stereocenters. The fraction of sp³-hybridized carbons (Fsp3) is 0.208. The number of aromatic nitrogens is 1. The summed E-state index contributed by atoms with van der Waals surface area (Å²) < 4.78 is 0. The number of amides is 1. The van der Waals surface area contributed by atoms with Gasteiger partial charge in [-0.3, -0.25) is 9.79 Å². The van der Waals surface area contributed by atoms with Crippen molar-refractivity contribution in [3.63, 3.8) is 0 Å². The molecule has 0 fully saturated rings. The molecule has 0 aliphatic carbocycles. The van der Waals surface area contributed by atoms with Crippen molar-refractivity contribution in [2.75, 3.05) is 26.5 Å². The molecule has 30 heavy (non-hydrogen) atoms. The number of nitrogens with one attached hydrogen (secondary N) is 1. The number of nitrogens with zero attached hydrogens (tertiary/aromatic N) is 3. The average Bonchev–Trinajstić information content (AvgIpc) is 2.73. The number of thioether (sulfide) groups is 1. The molecule has 0 saturated heterocycles. The van der Waals surface area contributed by atoms with Crippen LogP contribution in [0.3, 0.4) is 0 Å². The summed E-state index contributed by atoms with van der Waals surface area (Å²) in [6.45, 7) is 6.95. The molecule has 0 atom stereocenters. The maximum Gasteiger partial charge on any atom is 0.256 e. The van der Waals surface area contributed by atoms with E-state index in [0.717, 1.165) is 38.4 Å². The molecule has 0 aliphatic rings. The highest BCUT2D eigenvalue weighted by Crippen LogP contribution is 2.29. The van der Waals surface area contributed by atoms with Crippen LogP contribution in [0.1, 0.15) is 28.4 Å². The molecule has 0 radical (unpaired) electrons. The lowest BCUT2D eigenvalue weighted by atomic mass is 10.1. The summed E-state index contributed by atoms with van der Waals surface area (Å²) in [5, 5.41) is 5.85.